The van der Waals surface area contributed by atoms with Gasteiger partial charge < -0.3 is 158 Å². The van der Waals surface area contributed by atoms with E-state index in [-0.39, 0.29) is 233 Å². The molecule has 10 N–H and O–H groups in total. The monoisotopic (exact) mass is 1670 g/mol. The average molecular weight is 1670 g/mol. The number of hydrogen-bond donors (Lipinski definition) is 11. The van der Waals surface area contributed by atoms with E-state index in [1.54, 1.807) is 94.0 Å². The maximum atomic E-state index is 12.8. The van der Waals surface area contributed by atoms with Crippen LogP contribution in [0.5, 0.6) is 0 Å². The van der Waals surface area contributed by atoms with Gasteiger partial charge in [0, 0.05) is 72.2 Å². The van der Waals surface area contributed by atoms with Crippen LogP contribution in [0.25, 0.3) is 0 Å². The molecule has 4 saturated carbocycles. The van der Waals surface area contributed by atoms with Gasteiger partial charge in [0.25, 0.3) is 0 Å². The number of rotatable bonds is 32. The van der Waals surface area contributed by atoms with Crippen molar-refractivity contribution in [2.24, 2.45) is 35.5 Å². The predicted molar refractivity (Wildman–Crippen MR) is 358 cm³/mol. The summed E-state index contributed by atoms with van der Waals surface area (Å²) in [6.45, 7) is 2.12. The predicted octanol–water partition coefficient (Wildman–Crippen LogP) is -19.3. The van der Waals surface area contributed by atoms with Crippen LogP contribution in [-0.4, -0.2) is 332 Å². The number of carboxylic acids is 4. The Morgan fingerprint density at radius 3 is 1.26 bits per heavy atom. The normalized spacial score (nSPS) is 33.2. The van der Waals surface area contributed by atoms with Gasteiger partial charge in [-0.2, -0.15) is 12.6 Å². The molecule has 0 radical (unpaired) electrons. The summed E-state index contributed by atoms with van der Waals surface area (Å²) in [6.07, 6.45) is -30.3. The number of methoxy groups -OCH3 is 4. The second-order valence-corrected chi connectivity index (χ2v) is 27.2. The quantitative estimate of drug-likeness (QED) is 0.0140. The fraction of sp³-hybridized carbons (Fsp3) is 0.696. The first kappa shape index (κ1) is 105. The minimum Gasteiger partial charge on any atom is -0.547 e. The first-order valence-electron chi connectivity index (χ1n) is 35.0. The van der Waals surface area contributed by atoms with E-state index < -0.39 is 165 Å². The summed E-state index contributed by atoms with van der Waals surface area (Å²) in [5, 5.41) is 120. The minimum atomic E-state index is -2.12. The Hall–Kier alpha value is -1.64. The molecule has 2 aromatic carbocycles. The van der Waals surface area contributed by atoms with E-state index in [0.717, 1.165) is 28.4 Å². The Morgan fingerprint density at radius 1 is 0.464 bits per heavy atom. The van der Waals surface area contributed by atoms with Gasteiger partial charge >= 0.3 is 168 Å². The Bertz CT molecular complexity index is 3300. The number of carbonyl (C=O) groups excluding carboxylic acids is 9. The number of ether oxygens (including phenoxy) is 14. The van der Waals surface area contributed by atoms with Crippen LogP contribution < -0.4 is 160 Å². The molecule has 8 aliphatic rings. The van der Waals surface area contributed by atoms with Crippen LogP contribution >= 0.6 is 12.6 Å². The van der Waals surface area contributed by atoms with Crippen molar-refractivity contribution in [1.29, 1.82) is 0 Å². The summed E-state index contributed by atoms with van der Waals surface area (Å²) in [5.41, 5.74) is 1.64. The van der Waals surface area contributed by atoms with Gasteiger partial charge in [-0.3, -0.25) is 14.4 Å². The zero-order valence-corrected chi connectivity index (χ0v) is 75.1. The van der Waals surface area contributed by atoms with E-state index in [1.165, 1.54) is 35.5 Å². The molecule has 4 amide bonds. The van der Waals surface area contributed by atoms with Crippen LogP contribution in [0.3, 0.4) is 0 Å². The Balaban J connectivity index is 0.000000491. The topological polar surface area (TPSA) is 545 Å². The molecule has 0 bridgehead atoms. The number of nitrogens with one attached hydrogen (secondary N) is 4. The maximum absolute atomic E-state index is 12.8. The van der Waals surface area contributed by atoms with E-state index in [2.05, 4.69) is 33.9 Å². The van der Waals surface area contributed by atoms with Crippen molar-refractivity contribution in [3.05, 3.63) is 71.3 Å². The molecular weight excluding hydrogens is 1580 g/mol. The smallest absolute Gasteiger partial charge is 0.547 e. The molecule has 43 heteroatoms. The van der Waals surface area contributed by atoms with Gasteiger partial charge in [-0.05, 0) is 98.3 Å². The Labute approximate surface area is 769 Å². The standard InChI is InChI=1S/C35H44N2O17.C22H36N2O16S.C12H18.Ca.4Na/c1-17(19-10-7-11-20(16-19)21(38)18-8-5-4-6-9-18)30(42)36-12-14-50-15-13-37-35(47)54-27-24(41)26(29(32(45)46)53-34(27)49-3)51-33-23(40)22(39)25(48-2)28(52-33)31(43)44;1-34-13-10(26)11(27)20(38-16(13)18(29)30)37-14-12(28)15(21(35-2)39-17(14)19(31)32)40-22(33)24-5-7-36-6-4-23-9(25)3-8-41;1-3-8-5-10-6-9-4-2-7(1)11(8)12(9)10;;;;;/h4-11,16-17,22-29,33-34,39-41H,12-15H2,1-3H3,(H,36,42)(H,37,47)(H,43,44)(H,45,46);10-17,20-21,26-28,41H,3-8H2,1-2H3,(H,23,25)(H,24,33)(H,29,30)(H,31,32);7-12H,1-6H2;;;;;/q;;;+2;4*+1/p-4/t17?,22?,23?,24?,25-,26-,27-,28+,29?,33?,34+;10?,11?,12?,13-,14-,15-,16+,17?,20?,21+;7?,8-,9?,10?,11-,12?;;;;;/m000...../s1. The van der Waals surface area contributed by atoms with Crippen molar-refractivity contribution >= 4 is 104 Å². The third kappa shape index (κ3) is 27.4. The number of alkyl carbamates (subject to hydrolysis) is 2. The van der Waals surface area contributed by atoms with Crippen LogP contribution in [0.1, 0.15) is 79.3 Å². The first-order valence-corrected chi connectivity index (χ1v) is 35.7. The van der Waals surface area contributed by atoms with Crippen LogP contribution in [0.2, 0.25) is 0 Å². The molecule has 4 aliphatic carbocycles. The van der Waals surface area contributed by atoms with E-state index in [4.69, 9.17) is 66.3 Å². The van der Waals surface area contributed by atoms with Gasteiger partial charge in [0.15, 0.2) is 43.2 Å². The second-order valence-electron chi connectivity index (χ2n) is 26.8. The molecule has 15 unspecified atom stereocenters. The molecule has 27 atom stereocenters. The summed E-state index contributed by atoms with van der Waals surface area (Å²) in [4.78, 5) is 109. The number of aliphatic hydroxyl groups excluding tert-OH is 6. The number of benzene rings is 2. The van der Waals surface area contributed by atoms with Crippen molar-refractivity contribution in [3.8, 4) is 0 Å². The van der Waals surface area contributed by atoms with Gasteiger partial charge in [0.05, 0.1) is 56.2 Å². The number of amides is 4. The van der Waals surface area contributed by atoms with Crippen LogP contribution in [0.15, 0.2) is 54.6 Å². The molecule has 8 fully saturated rings. The summed E-state index contributed by atoms with van der Waals surface area (Å²) >= 11 is 3.94. The van der Waals surface area contributed by atoms with Gasteiger partial charge in [-0.1, -0.05) is 48.5 Å². The van der Waals surface area contributed by atoms with Crippen LogP contribution in [-0.2, 0) is 95.1 Å². The summed E-state index contributed by atoms with van der Waals surface area (Å²) in [5.74, 6) is -1.03. The first-order chi connectivity index (χ1) is 51.2. The molecule has 10 rings (SSSR count). The number of aliphatic hydroxyl groups is 6. The number of aliphatic carboxylic acids is 4. The van der Waals surface area contributed by atoms with Gasteiger partial charge in [0.1, 0.15) is 85.5 Å². The molecule has 0 aromatic heterocycles. The summed E-state index contributed by atoms with van der Waals surface area (Å²) in [7, 11) is 4.22. The van der Waals surface area contributed by atoms with E-state index in [0.29, 0.717) is 22.4 Å². The fourth-order valence-electron chi connectivity index (χ4n) is 15.1. The van der Waals surface area contributed by atoms with Gasteiger partial charge in [-0.25, -0.2) is 9.59 Å². The number of carbonyl (C=O) groups is 9. The number of ketones is 1. The van der Waals surface area contributed by atoms with Crippen molar-refractivity contribution in [1.82, 2.24) is 21.3 Å². The maximum Gasteiger partial charge on any atom is 2.00 e. The number of thiol groups is 1. The van der Waals surface area contributed by atoms with Crippen molar-refractivity contribution < 1.29 is 279 Å². The summed E-state index contributed by atoms with van der Waals surface area (Å²) < 4.78 is 72.3. The Kier molecular flexibility index (Phi) is 47.8. The molecule has 0 spiro atoms. The van der Waals surface area contributed by atoms with Crippen molar-refractivity contribution in [2.45, 2.75) is 181 Å². The molecule has 598 valence electrons. The fourth-order valence-corrected chi connectivity index (χ4v) is 15.3. The van der Waals surface area contributed by atoms with Gasteiger partial charge in [-0.15, -0.1) is 0 Å². The zero-order chi connectivity index (χ0) is 77.9. The molecule has 4 saturated heterocycles. The van der Waals surface area contributed by atoms with Crippen LogP contribution in [0.4, 0.5) is 9.59 Å². The summed E-state index contributed by atoms with van der Waals surface area (Å²) in [6, 6.07) is 15.6. The number of carboxylic acid groups (broad SMARTS) is 4. The number of hydrogen-bond acceptors (Lipinski definition) is 34. The van der Waals surface area contributed by atoms with E-state index >= 15 is 0 Å². The van der Waals surface area contributed by atoms with Gasteiger partial charge in [0.2, 0.25) is 11.8 Å². The zero-order valence-electron chi connectivity index (χ0n) is 64.0. The molecule has 4 aliphatic heterocycles. The molecule has 37 nitrogen and oxygen atoms in total. The largest absolute Gasteiger partial charge is 2.00 e. The van der Waals surface area contributed by atoms with E-state index in [9.17, 15) is 94.2 Å². The van der Waals surface area contributed by atoms with Crippen molar-refractivity contribution in [3.63, 3.8) is 0 Å². The third-order valence-corrected chi connectivity index (χ3v) is 20.6. The van der Waals surface area contributed by atoms with Crippen LogP contribution in [0, 0.1) is 35.5 Å². The molecule has 2 aromatic rings. The SMILES string of the molecule is C1CC2CC[C@H]3CC4CC1C4[C@@H]23.CO[C@@H]1OC(C(=O)[O-])[C@@H](OC2O[C@@H](C(=O)[O-])[C@@H](OC)C(O)C2O)C(O)[C@@H]1OC(=O)NCCOCCNC(=O)C(C)c1cccc(C(=O)c2ccccc2)c1.CO[C@@H]1OC(C(=O)[O-])[C@@H](OC2O[C@@H](C(=O)[O-])[C@@H](OC)C(O)C2O)C(O)[C@@H]1OC(=O)NCCOCCNC(=O)CCS.[Ca+2].[Na+].[Na+].[Na+].[Na+]. The molecule has 4 heterocycles. The minimum absolute atomic E-state index is 0. The molecule has 112 heavy (non-hydrogen) atoms. The average Bonchev–Trinajstić information content (AvgIpc) is 1.56. The van der Waals surface area contributed by atoms with E-state index in [1.807, 2.05) is 6.07 Å². The third-order valence-electron chi connectivity index (χ3n) is 20.3. The van der Waals surface area contributed by atoms with Crippen molar-refractivity contribution in [2.75, 3.05) is 86.8 Å². The Morgan fingerprint density at radius 2 is 0.848 bits per heavy atom. The molecular formula is C69H94CaN4Na4O33S+2. The second kappa shape index (κ2) is 51.2.